The van der Waals surface area contributed by atoms with E-state index >= 15 is 0 Å². The van der Waals surface area contributed by atoms with Crippen molar-refractivity contribution < 1.29 is 9.53 Å². The van der Waals surface area contributed by atoms with Gasteiger partial charge >= 0.3 is 0 Å². The zero-order valence-electron chi connectivity index (χ0n) is 10.3. The number of aromatic nitrogens is 1. The highest BCUT2D eigenvalue weighted by Gasteiger charge is 2.42. The average molecular weight is 247 g/mol. The highest BCUT2D eigenvalue weighted by atomic mass is 16.5. The molecule has 1 aromatic rings. The van der Waals surface area contributed by atoms with Gasteiger partial charge in [0.15, 0.2) is 0 Å². The summed E-state index contributed by atoms with van der Waals surface area (Å²) >= 11 is 0. The number of ether oxygens (including phenoxy) is 1. The molecule has 2 N–H and O–H groups in total. The maximum Gasteiger partial charge on any atom is 0.229 e. The van der Waals surface area contributed by atoms with Gasteiger partial charge in [-0.3, -0.25) is 4.79 Å². The van der Waals surface area contributed by atoms with E-state index in [1.807, 2.05) is 6.07 Å². The minimum absolute atomic E-state index is 0.0988. The van der Waals surface area contributed by atoms with Gasteiger partial charge in [-0.1, -0.05) is 0 Å². The Kier molecular flexibility index (Phi) is 2.91. The number of rotatable bonds is 3. The number of carbonyl (C=O) groups excluding carboxylic acids is 1. The van der Waals surface area contributed by atoms with Gasteiger partial charge in [0.05, 0.1) is 24.9 Å². The Balaban J connectivity index is 1.63. The van der Waals surface area contributed by atoms with Crippen LogP contribution >= 0.6 is 0 Å². The number of fused-ring (bicyclic) bond motifs is 2. The Morgan fingerprint density at radius 3 is 2.94 bits per heavy atom. The fourth-order valence-electron chi connectivity index (χ4n) is 2.92. The van der Waals surface area contributed by atoms with E-state index in [9.17, 15) is 4.79 Å². The van der Waals surface area contributed by atoms with E-state index in [0.717, 1.165) is 18.5 Å². The molecule has 5 heteroatoms. The summed E-state index contributed by atoms with van der Waals surface area (Å²) in [5.41, 5.74) is 0.726. The summed E-state index contributed by atoms with van der Waals surface area (Å²) < 4.78 is 4.98. The Hall–Kier alpha value is -1.62. The van der Waals surface area contributed by atoms with Crippen LogP contribution in [-0.4, -0.2) is 30.1 Å². The van der Waals surface area contributed by atoms with Crippen LogP contribution in [0.5, 0.6) is 5.88 Å². The molecule has 96 valence electrons. The monoisotopic (exact) mass is 247 g/mol. The lowest BCUT2D eigenvalue weighted by molar-refractivity contribution is -0.120. The van der Waals surface area contributed by atoms with Crippen molar-refractivity contribution in [2.45, 2.75) is 31.3 Å². The van der Waals surface area contributed by atoms with Gasteiger partial charge in [-0.05, 0) is 25.3 Å². The number of amides is 1. The van der Waals surface area contributed by atoms with E-state index in [1.165, 1.54) is 6.42 Å². The number of carbonyl (C=O) groups is 1. The summed E-state index contributed by atoms with van der Waals surface area (Å²) in [7, 11) is 1.57. The lowest BCUT2D eigenvalue weighted by atomic mass is 9.88. The standard InChI is InChI=1S/C13H17N3O2/c1-18-12-5-3-9(7-14-12)16-13(17)10-6-8-2-4-11(10)15-8/h3,5,7-8,10-11,15H,2,4,6H2,1H3,(H,16,17). The molecule has 18 heavy (non-hydrogen) atoms. The van der Waals surface area contributed by atoms with E-state index in [2.05, 4.69) is 15.6 Å². The molecule has 1 amide bonds. The van der Waals surface area contributed by atoms with Gasteiger partial charge in [0.25, 0.3) is 0 Å². The summed E-state index contributed by atoms with van der Waals surface area (Å²) in [5, 5.41) is 6.39. The van der Waals surface area contributed by atoms with E-state index in [-0.39, 0.29) is 11.8 Å². The zero-order valence-corrected chi connectivity index (χ0v) is 10.3. The van der Waals surface area contributed by atoms with Crippen molar-refractivity contribution >= 4 is 11.6 Å². The minimum atomic E-state index is 0.0988. The first-order valence-electron chi connectivity index (χ1n) is 6.33. The van der Waals surface area contributed by atoms with Crippen molar-refractivity contribution in [3.8, 4) is 5.88 Å². The third-order valence-electron chi connectivity index (χ3n) is 3.85. The first-order chi connectivity index (χ1) is 8.76. The van der Waals surface area contributed by atoms with Crippen molar-refractivity contribution in [1.29, 1.82) is 0 Å². The maximum atomic E-state index is 12.1. The van der Waals surface area contributed by atoms with Gasteiger partial charge < -0.3 is 15.4 Å². The van der Waals surface area contributed by atoms with E-state index < -0.39 is 0 Å². The molecule has 3 atom stereocenters. The zero-order chi connectivity index (χ0) is 12.5. The number of hydrogen-bond acceptors (Lipinski definition) is 4. The third kappa shape index (κ3) is 2.06. The fraction of sp³-hybridized carbons (Fsp3) is 0.538. The molecule has 0 saturated carbocycles. The minimum Gasteiger partial charge on any atom is -0.481 e. The second kappa shape index (κ2) is 4.57. The number of nitrogens with one attached hydrogen (secondary N) is 2. The number of anilines is 1. The molecule has 5 nitrogen and oxygen atoms in total. The van der Waals surface area contributed by atoms with Gasteiger partial charge in [-0.2, -0.15) is 0 Å². The number of pyridine rings is 1. The molecule has 0 aromatic carbocycles. The summed E-state index contributed by atoms with van der Waals surface area (Å²) in [4.78, 5) is 16.2. The Labute approximate surface area is 106 Å². The number of hydrogen-bond donors (Lipinski definition) is 2. The topological polar surface area (TPSA) is 63.2 Å². The van der Waals surface area contributed by atoms with Gasteiger partial charge in [0.1, 0.15) is 0 Å². The van der Waals surface area contributed by atoms with Crippen LogP contribution < -0.4 is 15.4 Å². The maximum absolute atomic E-state index is 12.1. The molecule has 3 unspecified atom stereocenters. The molecule has 2 bridgehead atoms. The molecule has 0 spiro atoms. The molecule has 0 aliphatic carbocycles. The van der Waals surface area contributed by atoms with Crippen molar-refractivity contribution in [3.05, 3.63) is 18.3 Å². The molecule has 0 radical (unpaired) electrons. The van der Waals surface area contributed by atoms with Gasteiger partial charge in [0, 0.05) is 18.2 Å². The van der Waals surface area contributed by atoms with Gasteiger partial charge in [-0.15, -0.1) is 0 Å². The fourth-order valence-corrected chi connectivity index (χ4v) is 2.92. The van der Waals surface area contributed by atoms with Crippen molar-refractivity contribution in [1.82, 2.24) is 10.3 Å². The second-order valence-corrected chi connectivity index (χ2v) is 4.97. The normalized spacial score (nSPS) is 29.3. The van der Waals surface area contributed by atoms with Crippen LogP contribution in [-0.2, 0) is 4.79 Å². The van der Waals surface area contributed by atoms with Crippen molar-refractivity contribution in [2.75, 3.05) is 12.4 Å². The molecular weight excluding hydrogens is 230 g/mol. The van der Waals surface area contributed by atoms with Crippen LogP contribution in [0.4, 0.5) is 5.69 Å². The summed E-state index contributed by atoms with van der Waals surface area (Å²) in [6, 6.07) is 4.46. The van der Waals surface area contributed by atoms with Crippen LogP contribution in [0.2, 0.25) is 0 Å². The van der Waals surface area contributed by atoms with Crippen LogP contribution in [0.25, 0.3) is 0 Å². The lowest BCUT2D eigenvalue weighted by Gasteiger charge is -2.19. The Bertz CT molecular complexity index is 446. The highest BCUT2D eigenvalue weighted by molar-refractivity contribution is 5.93. The van der Waals surface area contributed by atoms with Gasteiger partial charge in [0.2, 0.25) is 11.8 Å². The van der Waals surface area contributed by atoms with Crippen LogP contribution in [0.1, 0.15) is 19.3 Å². The van der Waals surface area contributed by atoms with E-state index in [0.29, 0.717) is 18.0 Å². The first kappa shape index (κ1) is 11.5. The Morgan fingerprint density at radius 1 is 1.50 bits per heavy atom. The predicted octanol–water partition coefficient (Wildman–Crippen LogP) is 1.17. The number of nitrogens with zero attached hydrogens (tertiary/aromatic N) is 1. The smallest absolute Gasteiger partial charge is 0.229 e. The van der Waals surface area contributed by atoms with Crippen LogP contribution in [0, 0.1) is 5.92 Å². The van der Waals surface area contributed by atoms with Crippen LogP contribution in [0.3, 0.4) is 0 Å². The average Bonchev–Trinajstić information content (AvgIpc) is 3.02. The molecular formula is C13H17N3O2. The quantitative estimate of drug-likeness (QED) is 0.841. The summed E-state index contributed by atoms with van der Waals surface area (Å²) in [6.07, 6.45) is 4.90. The lowest BCUT2D eigenvalue weighted by Crippen LogP contribution is -2.32. The molecule has 2 aliphatic heterocycles. The van der Waals surface area contributed by atoms with E-state index in [4.69, 9.17) is 4.74 Å². The Morgan fingerprint density at radius 2 is 2.39 bits per heavy atom. The summed E-state index contributed by atoms with van der Waals surface area (Å²) in [5.74, 6) is 0.752. The largest absolute Gasteiger partial charge is 0.481 e. The highest BCUT2D eigenvalue weighted by Crippen LogP contribution is 2.33. The molecule has 2 fully saturated rings. The molecule has 1 aromatic heterocycles. The molecule has 2 aliphatic rings. The molecule has 3 rings (SSSR count). The molecule has 2 saturated heterocycles. The van der Waals surface area contributed by atoms with Crippen LogP contribution in [0.15, 0.2) is 18.3 Å². The SMILES string of the molecule is COc1ccc(NC(=O)C2CC3CCC2N3)cn1. The molecule has 3 heterocycles. The third-order valence-corrected chi connectivity index (χ3v) is 3.85. The van der Waals surface area contributed by atoms with Gasteiger partial charge in [-0.25, -0.2) is 4.98 Å². The first-order valence-corrected chi connectivity index (χ1v) is 6.33. The van der Waals surface area contributed by atoms with Crippen molar-refractivity contribution in [2.24, 2.45) is 5.92 Å². The van der Waals surface area contributed by atoms with Crippen molar-refractivity contribution in [3.63, 3.8) is 0 Å². The predicted molar refractivity (Wildman–Crippen MR) is 67.5 cm³/mol. The second-order valence-electron chi connectivity index (χ2n) is 4.97. The summed E-state index contributed by atoms with van der Waals surface area (Å²) in [6.45, 7) is 0. The number of methoxy groups -OCH3 is 1. The van der Waals surface area contributed by atoms with E-state index in [1.54, 1.807) is 19.4 Å².